The standard InChI is InChI=1S/C21H19ClFN3O2/c1-12(17-11-24-20(27)16-5-3-2-4-15(16)17)26(14-7-8-14)21(28)25-13-6-9-19(23)18(22)10-13/h2-6,9-12,14H,7-8H2,1H3,(H,24,27)(H,25,28)/t12-/m1/s1. The quantitative estimate of drug-likeness (QED) is 0.642. The van der Waals surface area contributed by atoms with Crippen molar-refractivity contribution in [1.82, 2.24) is 9.88 Å². The van der Waals surface area contributed by atoms with Crippen molar-refractivity contribution in [2.75, 3.05) is 5.32 Å². The van der Waals surface area contributed by atoms with Gasteiger partial charge in [0, 0.05) is 23.3 Å². The van der Waals surface area contributed by atoms with Crippen LogP contribution in [0.2, 0.25) is 5.02 Å². The topological polar surface area (TPSA) is 65.2 Å². The smallest absolute Gasteiger partial charge is 0.322 e. The van der Waals surface area contributed by atoms with Gasteiger partial charge in [-0.2, -0.15) is 0 Å². The lowest BCUT2D eigenvalue weighted by atomic mass is 10.0. The van der Waals surface area contributed by atoms with Crippen LogP contribution in [0, 0.1) is 5.82 Å². The first kappa shape index (κ1) is 18.5. The van der Waals surface area contributed by atoms with Crippen LogP contribution in [0.25, 0.3) is 10.8 Å². The molecule has 1 saturated carbocycles. The number of carbonyl (C=O) groups is 1. The lowest BCUT2D eigenvalue weighted by Gasteiger charge is -2.30. The molecule has 5 nitrogen and oxygen atoms in total. The van der Waals surface area contributed by atoms with E-state index in [-0.39, 0.29) is 28.7 Å². The number of benzene rings is 2. The maximum Gasteiger partial charge on any atom is 0.322 e. The van der Waals surface area contributed by atoms with Crippen molar-refractivity contribution in [2.24, 2.45) is 0 Å². The van der Waals surface area contributed by atoms with Gasteiger partial charge in [0.1, 0.15) is 5.82 Å². The number of nitrogens with zero attached hydrogens (tertiary/aromatic N) is 1. The number of hydrogen-bond acceptors (Lipinski definition) is 2. The summed E-state index contributed by atoms with van der Waals surface area (Å²) in [5.74, 6) is -0.535. The van der Waals surface area contributed by atoms with E-state index in [2.05, 4.69) is 10.3 Å². The number of pyridine rings is 1. The van der Waals surface area contributed by atoms with Gasteiger partial charge in [0.05, 0.1) is 11.1 Å². The molecule has 1 aromatic heterocycles. The number of halogens is 2. The van der Waals surface area contributed by atoms with Crippen LogP contribution in [0.1, 0.15) is 31.4 Å². The van der Waals surface area contributed by atoms with E-state index in [1.165, 1.54) is 18.2 Å². The molecule has 144 valence electrons. The molecule has 0 radical (unpaired) electrons. The van der Waals surface area contributed by atoms with Gasteiger partial charge in [-0.25, -0.2) is 9.18 Å². The zero-order valence-electron chi connectivity index (χ0n) is 15.2. The monoisotopic (exact) mass is 399 g/mol. The third-order valence-corrected chi connectivity index (χ3v) is 5.34. The van der Waals surface area contributed by atoms with Crippen LogP contribution < -0.4 is 10.9 Å². The highest BCUT2D eigenvalue weighted by Crippen LogP contribution is 2.36. The van der Waals surface area contributed by atoms with Crippen molar-refractivity contribution in [1.29, 1.82) is 0 Å². The Labute approximate surface area is 166 Å². The fraction of sp³-hybridized carbons (Fsp3) is 0.238. The molecule has 4 rings (SSSR count). The van der Waals surface area contributed by atoms with Gasteiger partial charge in [-0.3, -0.25) is 4.79 Å². The number of hydrogen-bond donors (Lipinski definition) is 2. The molecule has 28 heavy (non-hydrogen) atoms. The summed E-state index contributed by atoms with van der Waals surface area (Å²) in [7, 11) is 0. The van der Waals surface area contributed by atoms with Gasteiger partial charge >= 0.3 is 6.03 Å². The first-order chi connectivity index (χ1) is 13.5. The molecular weight excluding hydrogens is 381 g/mol. The molecule has 7 heteroatoms. The Bertz CT molecular complexity index is 1110. The van der Waals surface area contributed by atoms with Crippen LogP contribution in [0.4, 0.5) is 14.9 Å². The Morgan fingerprint density at radius 2 is 1.96 bits per heavy atom. The average Bonchev–Trinajstić information content (AvgIpc) is 3.50. The van der Waals surface area contributed by atoms with Crippen LogP contribution in [-0.4, -0.2) is 22.0 Å². The molecule has 3 aromatic rings. The van der Waals surface area contributed by atoms with Crippen molar-refractivity contribution >= 4 is 34.1 Å². The van der Waals surface area contributed by atoms with Crippen LogP contribution >= 0.6 is 11.6 Å². The van der Waals surface area contributed by atoms with Gasteiger partial charge in [0.15, 0.2) is 0 Å². The van der Waals surface area contributed by atoms with E-state index < -0.39 is 5.82 Å². The summed E-state index contributed by atoms with van der Waals surface area (Å²) in [5.41, 5.74) is 1.14. The molecule has 2 amide bonds. The fourth-order valence-corrected chi connectivity index (χ4v) is 3.68. The van der Waals surface area contributed by atoms with Gasteiger partial charge in [0.2, 0.25) is 0 Å². The predicted octanol–water partition coefficient (Wildman–Crippen LogP) is 5.08. The van der Waals surface area contributed by atoms with E-state index in [4.69, 9.17) is 11.6 Å². The minimum Gasteiger partial charge on any atom is -0.328 e. The minimum absolute atomic E-state index is 0.0459. The second kappa shape index (κ2) is 7.28. The lowest BCUT2D eigenvalue weighted by molar-refractivity contribution is 0.189. The van der Waals surface area contributed by atoms with Gasteiger partial charge in [-0.1, -0.05) is 29.8 Å². The van der Waals surface area contributed by atoms with Crippen molar-refractivity contribution in [3.05, 3.63) is 75.4 Å². The van der Waals surface area contributed by atoms with Gasteiger partial charge in [-0.15, -0.1) is 0 Å². The van der Waals surface area contributed by atoms with E-state index in [0.29, 0.717) is 11.1 Å². The molecule has 0 bridgehead atoms. The molecule has 1 heterocycles. The van der Waals surface area contributed by atoms with Gasteiger partial charge in [-0.05, 0) is 55.0 Å². The molecule has 1 aliphatic rings. The Morgan fingerprint density at radius 3 is 2.64 bits per heavy atom. The molecule has 1 atom stereocenters. The second-order valence-corrected chi connectivity index (χ2v) is 7.40. The number of aromatic amines is 1. The molecule has 0 saturated heterocycles. The third kappa shape index (κ3) is 3.47. The number of H-pyrrole nitrogens is 1. The lowest BCUT2D eigenvalue weighted by Crippen LogP contribution is -2.39. The number of rotatable bonds is 4. The first-order valence-electron chi connectivity index (χ1n) is 9.10. The van der Waals surface area contributed by atoms with Crippen molar-refractivity contribution in [3.63, 3.8) is 0 Å². The number of urea groups is 1. The second-order valence-electron chi connectivity index (χ2n) is 6.99. The highest BCUT2D eigenvalue weighted by molar-refractivity contribution is 6.31. The van der Waals surface area contributed by atoms with E-state index >= 15 is 0 Å². The largest absolute Gasteiger partial charge is 0.328 e. The van der Waals surface area contributed by atoms with Crippen LogP contribution in [-0.2, 0) is 0 Å². The SMILES string of the molecule is C[C@H](c1c[nH]c(=O)c2ccccc12)N(C(=O)Nc1ccc(F)c(Cl)c1)C1CC1. The number of amides is 2. The molecule has 0 aliphatic heterocycles. The zero-order valence-corrected chi connectivity index (χ0v) is 16.0. The summed E-state index contributed by atoms with van der Waals surface area (Å²) >= 11 is 5.82. The highest BCUT2D eigenvalue weighted by Gasteiger charge is 2.37. The summed E-state index contributed by atoms with van der Waals surface area (Å²) in [6.45, 7) is 1.94. The van der Waals surface area contributed by atoms with Crippen LogP contribution in [0.15, 0.2) is 53.5 Å². The van der Waals surface area contributed by atoms with E-state index in [9.17, 15) is 14.0 Å². The van der Waals surface area contributed by atoms with Crippen molar-refractivity contribution < 1.29 is 9.18 Å². The average molecular weight is 400 g/mol. The van der Waals surface area contributed by atoms with E-state index in [1.807, 2.05) is 25.1 Å². The Kier molecular flexibility index (Phi) is 4.81. The predicted molar refractivity (Wildman–Crippen MR) is 108 cm³/mol. The first-order valence-corrected chi connectivity index (χ1v) is 9.48. The normalized spacial score (nSPS) is 14.7. The third-order valence-electron chi connectivity index (χ3n) is 5.05. The number of anilines is 1. The highest BCUT2D eigenvalue weighted by atomic mass is 35.5. The molecule has 2 aromatic carbocycles. The number of aromatic nitrogens is 1. The van der Waals surface area contributed by atoms with Crippen LogP contribution in [0.3, 0.4) is 0 Å². The molecule has 2 N–H and O–H groups in total. The summed E-state index contributed by atoms with van der Waals surface area (Å²) in [6.07, 6.45) is 3.51. The van der Waals surface area contributed by atoms with Gasteiger partial charge in [0.25, 0.3) is 5.56 Å². The van der Waals surface area contributed by atoms with E-state index in [0.717, 1.165) is 23.8 Å². The van der Waals surface area contributed by atoms with E-state index in [1.54, 1.807) is 17.2 Å². The minimum atomic E-state index is -0.535. The molecule has 1 aliphatic carbocycles. The van der Waals surface area contributed by atoms with Crippen molar-refractivity contribution in [2.45, 2.75) is 31.8 Å². The summed E-state index contributed by atoms with van der Waals surface area (Å²) in [4.78, 5) is 29.7. The number of carbonyl (C=O) groups excluding carboxylic acids is 1. The molecule has 0 unspecified atom stereocenters. The molecule has 0 spiro atoms. The summed E-state index contributed by atoms with van der Waals surface area (Å²) in [6, 6.07) is 11.0. The Balaban J connectivity index is 1.66. The zero-order chi connectivity index (χ0) is 19.8. The maximum atomic E-state index is 13.4. The summed E-state index contributed by atoms with van der Waals surface area (Å²) in [5, 5.41) is 4.17. The summed E-state index contributed by atoms with van der Waals surface area (Å²) < 4.78 is 13.4. The Morgan fingerprint density at radius 1 is 1.25 bits per heavy atom. The maximum absolute atomic E-state index is 13.4. The number of fused-ring (bicyclic) bond motifs is 1. The molecule has 1 fully saturated rings. The van der Waals surface area contributed by atoms with Crippen molar-refractivity contribution in [3.8, 4) is 0 Å². The Hall–Kier alpha value is -2.86. The van der Waals surface area contributed by atoms with Gasteiger partial charge < -0.3 is 15.2 Å². The molecular formula is C21H19ClFN3O2. The number of nitrogens with one attached hydrogen (secondary N) is 2. The fourth-order valence-electron chi connectivity index (χ4n) is 3.50. The van der Waals surface area contributed by atoms with Crippen LogP contribution in [0.5, 0.6) is 0 Å².